The van der Waals surface area contributed by atoms with E-state index in [2.05, 4.69) is 20.8 Å². The van der Waals surface area contributed by atoms with E-state index in [-0.39, 0.29) is 10.8 Å². The fraction of sp³-hybridized carbons (Fsp3) is 1.00. The average Bonchev–Trinajstić information content (AvgIpc) is 2.25. The van der Waals surface area contributed by atoms with Crippen LogP contribution >= 0.6 is 11.8 Å². The van der Waals surface area contributed by atoms with Gasteiger partial charge in [0.25, 0.3) is 0 Å². The van der Waals surface area contributed by atoms with Crippen molar-refractivity contribution in [1.29, 1.82) is 0 Å². The fourth-order valence-electron chi connectivity index (χ4n) is 2.37. The summed E-state index contributed by atoms with van der Waals surface area (Å²) in [6.45, 7) is 7.89. The molecule has 0 bridgehead atoms. The zero-order chi connectivity index (χ0) is 14.7. The molecule has 0 aromatic heterocycles. The number of nitrogens with two attached hydrogens (primary N) is 1. The molecular formula is C13H28N2O2S2. The Bertz CT molecular complexity index is 377. The minimum atomic E-state index is -3.04. The Morgan fingerprint density at radius 3 is 2.58 bits per heavy atom. The summed E-state index contributed by atoms with van der Waals surface area (Å²) in [6, 6.07) is 0.161. The van der Waals surface area contributed by atoms with Crippen LogP contribution in [0.5, 0.6) is 0 Å². The molecular weight excluding hydrogens is 280 g/mol. The molecule has 0 radical (unpaired) electrons. The molecule has 0 spiro atoms. The van der Waals surface area contributed by atoms with Crippen LogP contribution in [0.25, 0.3) is 0 Å². The van der Waals surface area contributed by atoms with Crippen molar-refractivity contribution in [3.8, 4) is 0 Å². The van der Waals surface area contributed by atoms with Gasteiger partial charge in [-0.15, -0.1) is 0 Å². The molecule has 1 saturated heterocycles. The number of rotatable bonds is 5. The number of hydrogen-bond acceptors (Lipinski definition) is 4. The molecule has 114 valence electrons. The molecule has 6 heteroatoms. The molecule has 2 unspecified atom stereocenters. The smallest absolute Gasteiger partial charge is 0.211 e. The summed E-state index contributed by atoms with van der Waals surface area (Å²) >= 11 is 1.88. The zero-order valence-electron chi connectivity index (χ0n) is 12.6. The first kappa shape index (κ1) is 17.3. The molecule has 0 aliphatic carbocycles. The van der Waals surface area contributed by atoms with Crippen molar-refractivity contribution < 1.29 is 8.42 Å². The molecule has 1 fully saturated rings. The summed E-state index contributed by atoms with van der Waals surface area (Å²) in [4.78, 5) is 0. The van der Waals surface area contributed by atoms with Gasteiger partial charge in [-0.05, 0) is 25.2 Å². The molecule has 1 heterocycles. The molecule has 0 aromatic carbocycles. The maximum atomic E-state index is 11.6. The van der Waals surface area contributed by atoms with E-state index in [1.165, 1.54) is 6.26 Å². The third kappa shape index (κ3) is 6.97. The first-order valence-corrected chi connectivity index (χ1v) is 9.76. The van der Waals surface area contributed by atoms with Crippen molar-refractivity contribution in [2.75, 3.05) is 25.1 Å². The number of hydrogen-bond donors (Lipinski definition) is 1. The number of nitrogens with zero attached hydrogens (tertiary/aromatic N) is 1. The molecule has 2 atom stereocenters. The SMILES string of the molecule is CC(C)(C)SCC(N)CC1CCCN(S(C)(=O)=O)C1. The Labute approximate surface area is 122 Å². The molecule has 4 nitrogen and oxygen atoms in total. The third-order valence-electron chi connectivity index (χ3n) is 3.32. The van der Waals surface area contributed by atoms with Gasteiger partial charge in [-0.1, -0.05) is 20.8 Å². The van der Waals surface area contributed by atoms with E-state index in [0.29, 0.717) is 19.0 Å². The summed E-state index contributed by atoms with van der Waals surface area (Å²) in [7, 11) is -3.04. The van der Waals surface area contributed by atoms with E-state index in [0.717, 1.165) is 25.0 Å². The number of thioether (sulfide) groups is 1. The first-order chi connectivity index (χ1) is 8.58. The largest absolute Gasteiger partial charge is 0.327 e. The van der Waals surface area contributed by atoms with Gasteiger partial charge < -0.3 is 5.73 Å². The van der Waals surface area contributed by atoms with Gasteiger partial charge in [0.2, 0.25) is 10.0 Å². The number of piperidine rings is 1. The van der Waals surface area contributed by atoms with Crippen LogP contribution in [0.3, 0.4) is 0 Å². The van der Waals surface area contributed by atoms with Crippen molar-refractivity contribution >= 4 is 21.8 Å². The molecule has 0 amide bonds. The molecule has 0 saturated carbocycles. The van der Waals surface area contributed by atoms with E-state index in [9.17, 15) is 8.42 Å². The van der Waals surface area contributed by atoms with Crippen LogP contribution in [0.1, 0.15) is 40.0 Å². The summed E-state index contributed by atoms with van der Waals surface area (Å²) in [5.74, 6) is 1.36. The zero-order valence-corrected chi connectivity index (χ0v) is 14.2. The van der Waals surface area contributed by atoms with E-state index in [1.807, 2.05) is 11.8 Å². The Morgan fingerprint density at radius 2 is 2.05 bits per heavy atom. The number of sulfonamides is 1. The monoisotopic (exact) mass is 308 g/mol. The predicted molar refractivity (Wildman–Crippen MR) is 83.9 cm³/mol. The highest BCUT2D eigenvalue weighted by atomic mass is 32.2. The van der Waals surface area contributed by atoms with Crippen molar-refractivity contribution in [2.45, 2.75) is 50.8 Å². The van der Waals surface area contributed by atoms with Crippen LogP contribution in [0, 0.1) is 5.92 Å². The van der Waals surface area contributed by atoms with E-state index < -0.39 is 10.0 Å². The highest BCUT2D eigenvalue weighted by Gasteiger charge is 2.27. The minimum Gasteiger partial charge on any atom is -0.327 e. The Kier molecular flexibility index (Phi) is 6.17. The van der Waals surface area contributed by atoms with Gasteiger partial charge in [-0.25, -0.2) is 12.7 Å². The van der Waals surface area contributed by atoms with Crippen LogP contribution in [-0.2, 0) is 10.0 Å². The highest BCUT2D eigenvalue weighted by Crippen LogP contribution is 2.27. The average molecular weight is 309 g/mol. The van der Waals surface area contributed by atoms with Crippen LogP contribution in [0.2, 0.25) is 0 Å². The second-order valence-corrected chi connectivity index (χ2v) is 10.4. The maximum absolute atomic E-state index is 11.6. The quantitative estimate of drug-likeness (QED) is 0.842. The maximum Gasteiger partial charge on any atom is 0.211 e. The van der Waals surface area contributed by atoms with Crippen LogP contribution in [0.15, 0.2) is 0 Å². The molecule has 1 rings (SSSR count). The predicted octanol–water partition coefficient (Wildman–Crippen LogP) is 1.91. The molecule has 2 N–H and O–H groups in total. The van der Waals surface area contributed by atoms with Gasteiger partial charge >= 0.3 is 0 Å². The summed E-state index contributed by atoms with van der Waals surface area (Å²) < 4.78 is 25.0. The van der Waals surface area contributed by atoms with Crippen molar-refractivity contribution in [3.63, 3.8) is 0 Å². The van der Waals surface area contributed by atoms with Crippen molar-refractivity contribution in [1.82, 2.24) is 4.31 Å². The van der Waals surface area contributed by atoms with E-state index in [1.54, 1.807) is 4.31 Å². The van der Waals surface area contributed by atoms with Crippen molar-refractivity contribution in [2.24, 2.45) is 11.7 Å². The molecule has 1 aliphatic rings. The van der Waals surface area contributed by atoms with Gasteiger partial charge in [0.05, 0.1) is 6.26 Å². The van der Waals surface area contributed by atoms with Gasteiger partial charge in [0.15, 0.2) is 0 Å². The van der Waals surface area contributed by atoms with Crippen LogP contribution < -0.4 is 5.73 Å². The molecule has 19 heavy (non-hydrogen) atoms. The van der Waals surface area contributed by atoms with Gasteiger partial charge in [0.1, 0.15) is 0 Å². The Hall–Kier alpha value is 0.220. The molecule has 0 aromatic rings. The second-order valence-electron chi connectivity index (χ2n) is 6.55. The lowest BCUT2D eigenvalue weighted by molar-refractivity contribution is 0.249. The van der Waals surface area contributed by atoms with Gasteiger partial charge in [-0.3, -0.25) is 0 Å². The first-order valence-electron chi connectivity index (χ1n) is 6.92. The topological polar surface area (TPSA) is 63.4 Å². The van der Waals surface area contributed by atoms with Gasteiger partial charge in [-0.2, -0.15) is 11.8 Å². The minimum absolute atomic E-state index is 0.161. The second kappa shape index (κ2) is 6.78. The van der Waals surface area contributed by atoms with Crippen molar-refractivity contribution in [3.05, 3.63) is 0 Å². The Morgan fingerprint density at radius 1 is 1.42 bits per heavy atom. The van der Waals surface area contributed by atoms with Crippen LogP contribution in [-0.4, -0.2) is 48.6 Å². The van der Waals surface area contributed by atoms with E-state index >= 15 is 0 Å². The lowest BCUT2D eigenvalue weighted by atomic mass is 9.93. The normalized spacial score (nSPS) is 24.4. The van der Waals surface area contributed by atoms with E-state index in [4.69, 9.17) is 5.73 Å². The standard InChI is InChI=1S/C13H28N2O2S2/c1-13(2,3)18-10-12(14)8-11-6-5-7-15(9-11)19(4,16)17/h11-12H,5-10,14H2,1-4H3. The Balaban J connectivity index is 2.40. The fourth-order valence-corrected chi connectivity index (χ4v) is 4.17. The van der Waals surface area contributed by atoms with Gasteiger partial charge in [0, 0.05) is 29.6 Å². The summed E-state index contributed by atoms with van der Waals surface area (Å²) in [5, 5.41) is 0. The lowest BCUT2D eigenvalue weighted by Crippen LogP contribution is -2.41. The lowest BCUT2D eigenvalue weighted by Gasteiger charge is -2.32. The summed E-state index contributed by atoms with van der Waals surface area (Å²) in [5.41, 5.74) is 6.18. The third-order valence-corrected chi connectivity index (χ3v) is 6.05. The molecule has 1 aliphatic heterocycles. The summed E-state index contributed by atoms with van der Waals surface area (Å²) in [6.07, 6.45) is 4.27. The highest BCUT2D eigenvalue weighted by molar-refractivity contribution is 8.00. The van der Waals surface area contributed by atoms with Crippen LogP contribution in [0.4, 0.5) is 0 Å².